The van der Waals surface area contributed by atoms with Crippen LogP contribution in [0.25, 0.3) is 11.0 Å². The van der Waals surface area contributed by atoms with Gasteiger partial charge in [0.2, 0.25) is 5.91 Å². The molecule has 0 aliphatic rings. The van der Waals surface area contributed by atoms with Crippen LogP contribution in [0.3, 0.4) is 0 Å². The van der Waals surface area contributed by atoms with E-state index in [4.69, 9.17) is 9.72 Å². The van der Waals surface area contributed by atoms with Gasteiger partial charge in [-0.05, 0) is 44.0 Å². The fourth-order valence-corrected chi connectivity index (χ4v) is 3.74. The number of fused-ring (bicyclic) bond motifs is 1. The SMILES string of the molecule is CCCN(CCC)C(=O)Cn1c(C(C)NC(=O)COc2ccccc2)nc2ccccc21. The molecule has 3 aromatic rings. The van der Waals surface area contributed by atoms with Crippen LogP contribution < -0.4 is 10.1 Å². The van der Waals surface area contributed by atoms with E-state index >= 15 is 0 Å². The first kappa shape index (κ1) is 23.3. The molecule has 2 amide bonds. The highest BCUT2D eigenvalue weighted by Crippen LogP contribution is 2.21. The molecule has 7 heteroatoms. The molecule has 170 valence electrons. The predicted octanol–water partition coefficient (Wildman–Crippen LogP) is 3.94. The van der Waals surface area contributed by atoms with E-state index in [-0.39, 0.29) is 31.0 Å². The minimum atomic E-state index is -0.382. The quantitative estimate of drug-likeness (QED) is 0.494. The Balaban J connectivity index is 1.76. The highest BCUT2D eigenvalue weighted by Gasteiger charge is 2.22. The summed E-state index contributed by atoms with van der Waals surface area (Å²) in [7, 11) is 0. The number of ether oxygens (including phenoxy) is 1. The summed E-state index contributed by atoms with van der Waals surface area (Å²) < 4.78 is 7.46. The second-order valence-electron chi connectivity index (χ2n) is 7.82. The Labute approximate surface area is 189 Å². The van der Waals surface area contributed by atoms with Crippen LogP contribution in [0.15, 0.2) is 54.6 Å². The van der Waals surface area contributed by atoms with E-state index in [1.165, 1.54) is 0 Å². The van der Waals surface area contributed by atoms with Crippen LogP contribution in [0.5, 0.6) is 5.75 Å². The summed E-state index contributed by atoms with van der Waals surface area (Å²) in [4.78, 5) is 32.2. The Bertz CT molecular complexity index is 1030. The van der Waals surface area contributed by atoms with Gasteiger partial charge in [0, 0.05) is 13.1 Å². The molecule has 0 bridgehead atoms. The number of hydrogen-bond donors (Lipinski definition) is 1. The first-order valence-corrected chi connectivity index (χ1v) is 11.2. The number of nitrogens with zero attached hydrogens (tertiary/aromatic N) is 3. The minimum Gasteiger partial charge on any atom is -0.484 e. The fourth-order valence-electron chi connectivity index (χ4n) is 3.74. The van der Waals surface area contributed by atoms with Crippen LogP contribution in [0.2, 0.25) is 0 Å². The summed E-state index contributed by atoms with van der Waals surface area (Å²) in [6.07, 6.45) is 1.83. The largest absolute Gasteiger partial charge is 0.484 e. The molecule has 1 heterocycles. The van der Waals surface area contributed by atoms with Gasteiger partial charge in [-0.3, -0.25) is 9.59 Å². The molecular formula is C25H32N4O3. The lowest BCUT2D eigenvalue weighted by Crippen LogP contribution is -2.37. The zero-order valence-electron chi connectivity index (χ0n) is 19.1. The third-order valence-corrected chi connectivity index (χ3v) is 5.20. The van der Waals surface area contributed by atoms with Gasteiger partial charge in [-0.2, -0.15) is 0 Å². The van der Waals surface area contributed by atoms with Crippen LogP contribution in [-0.4, -0.2) is 46.0 Å². The monoisotopic (exact) mass is 436 g/mol. The second kappa shape index (κ2) is 11.3. The number of benzene rings is 2. The Hall–Kier alpha value is -3.35. The Morgan fingerprint density at radius 2 is 1.69 bits per heavy atom. The van der Waals surface area contributed by atoms with E-state index in [1.54, 1.807) is 12.1 Å². The zero-order valence-corrected chi connectivity index (χ0v) is 19.1. The molecule has 7 nitrogen and oxygen atoms in total. The molecule has 1 unspecified atom stereocenters. The average molecular weight is 437 g/mol. The van der Waals surface area contributed by atoms with Gasteiger partial charge in [0.15, 0.2) is 6.61 Å². The predicted molar refractivity (Wildman–Crippen MR) is 125 cm³/mol. The first-order chi connectivity index (χ1) is 15.5. The van der Waals surface area contributed by atoms with Gasteiger partial charge < -0.3 is 19.5 Å². The maximum absolute atomic E-state index is 13.1. The molecule has 0 fully saturated rings. The molecule has 1 N–H and O–H groups in total. The molecule has 0 aliphatic heterocycles. The number of para-hydroxylation sites is 3. The number of nitrogens with one attached hydrogen (secondary N) is 1. The maximum Gasteiger partial charge on any atom is 0.258 e. The molecule has 0 aliphatic carbocycles. The number of carbonyl (C=O) groups excluding carboxylic acids is 2. The summed E-state index contributed by atoms with van der Waals surface area (Å²) in [5, 5.41) is 2.95. The van der Waals surface area contributed by atoms with E-state index in [9.17, 15) is 9.59 Å². The van der Waals surface area contributed by atoms with Gasteiger partial charge in [0.1, 0.15) is 18.1 Å². The second-order valence-corrected chi connectivity index (χ2v) is 7.82. The molecular weight excluding hydrogens is 404 g/mol. The van der Waals surface area contributed by atoms with Crippen molar-refractivity contribution >= 4 is 22.8 Å². The molecule has 3 rings (SSSR count). The zero-order chi connectivity index (χ0) is 22.9. The van der Waals surface area contributed by atoms with E-state index < -0.39 is 0 Å². The smallest absolute Gasteiger partial charge is 0.258 e. The van der Waals surface area contributed by atoms with Crippen LogP contribution in [0, 0.1) is 0 Å². The first-order valence-electron chi connectivity index (χ1n) is 11.2. The van der Waals surface area contributed by atoms with Gasteiger partial charge in [0.25, 0.3) is 5.91 Å². The molecule has 0 radical (unpaired) electrons. The van der Waals surface area contributed by atoms with Crippen molar-refractivity contribution in [3.05, 3.63) is 60.4 Å². The third-order valence-electron chi connectivity index (χ3n) is 5.20. The van der Waals surface area contributed by atoms with Gasteiger partial charge in [-0.1, -0.05) is 44.2 Å². The van der Waals surface area contributed by atoms with Crippen molar-refractivity contribution in [3.63, 3.8) is 0 Å². The van der Waals surface area contributed by atoms with Crippen molar-refractivity contribution in [1.29, 1.82) is 0 Å². The summed E-state index contributed by atoms with van der Waals surface area (Å²) >= 11 is 0. The van der Waals surface area contributed by atoms with Crippen LogP contribution in [0.1, 0.15) is 45.5 Å². The number of carbonyl (C=O) groups is 2. The Morgan fingerprint density at radius 3 is 2.38 bits per heavy atom. The molecule has 0 saturated carbocycles. The average Bonchev–Trinajstić information content (AvgIpc) is 3.17. The summed E-state index contributed by atoms with van der Waals surface area (Å²) in [5.74, 6) is 1.11. The van der Waals surface area contributed by atoms with E-state index in [0.717, 1.165) is 37.0 Å². The third kappa shape index (κ3) is 5.87. The molecule has 32 heavy (non-hydrogen) atoms. The van der Waals surface area contributed by atoms with Gasteiger partial charge in [-0.25, -0.2) is 4.98 Å². The summed E-state index contributed by atoms with van der Waals surface area (Å²) in [6.45, 7) is 7.59. The van der Waals surface area contributed by atoms with E-state index in [2.05, 4.69) is 19.2 Å². The molecule has 1 atom stereocenters. The van der Waals surface area contributed by atoms with Crippen molar-refractivity contribution in [2.24, 2.45) is 0 Å². The van der Waals surface area contributed by atoms with E-state index in [1.807, 2.05) is 58.9 Å². The Morgan fingerprint density at radius 1 is 1.03 bits per heavy atom. The highest BCUT2D eigenvalue weighted by molar-refractivity contribution is 5.82. The van der Waals surface area contributed by atoms with Gasteiger partial charge >= 0.3 is 0 Å². The van der Waals surface area contributed by atoms with E-state index in [0.29, 0.717) is 11.6 Å². The van der Waals surface area contributed by atoms with Crippen molar-refractivity contribution in [2.75, 3.05) is 19.7 Å². The maximum atomic E-state index is 13.1. The Kier molecular flexibility index (Phi) is 8.25. The van der Waals surface area contributed by atoms with Crippen molar-refractivity contribution < 1.29 is 14.3 Å². The highest BCUT2D eigenvalue weighted by atomic mass is 16.5. The topological polar surface area (TPSA) is 76.5 Å². The van der Waals surface area contributed by atoms with Gasteiger partial charge in [-0.15, -0.1) is 0 Å². The molecule has 0 spiro atoms. The lowest BCUT2D eigenvalue weighted by molar-refractivity contribution is -0.131. The molecule has 1 aromatic heterocycles. The van der Waals surface area contributed by atoms with Gasteiger partial charge in [0.05, 0.1) is 17.1 Å². The van der Waals surface area contributed by atoms with Crippen LogP contribution in [0.4, 0.5) is 0 Å². The minimum absolute atomic E-state index is 0.0593. The summed E-state index contributed by atoms with van der Waals surface area (Å²) in [6, 6.07) is 16.6. The van der Waals surface area contributed by atoms with Crippen molar-refractivity contribution in [1.82, 2.24) is 19.8 Å². The lowest BCUT2D eigenvalue weighted by atomic mass is 10.3. The van der Waals surface area contributed by atoms with Crippen molar-refractivity contribution in [2.45, 2.75) is 46.2 Å². The number of rotatable bonds is 11. The number of aromatic nitrogens is 2. The number of hydrogen-bond acceptors (Lipinski definition) is 4. The number of amides is 2. The summed E-state index contributed by atoms with van der Waals surface area (Å²) in [5.41, 5.74) is 1.68. The van der Waals surface area contributed by atoms with Crippen LogP contribution >= 0.6 is 0 Å². The standard InChI is InChI=1S/C25H32N4O3/c1-4-15-28(16-5-2)24(31)17-29-22-14-10-9-13-21(22)27-25(29)19(3)26-23(30)18-32-20-11-7-6-8-12-20/h6-14,19H,4-5,15-18H2,1-3H3,(H,26,30). The lowest BCUT2D eigenvalue weighted by Gasteiger charge is -2.23. The number of imidazole rings is 1. The van der Waals surface area contributed by atoms with Crippen LogP contribution in [-0.2, 0) is 16.1 Å². The molecule has 0 saturated heterocycles. The normalized spacial score (nSPS) is 11.8. The van der Waals surface area contributed by atoms with Crippen molar-refractivity contribution in [3.8, 4) is 5.75 Å². The fraction of sp³-hybridized carbons (Fsp3) is 0.400. The molecule has 2 aromatic carbocycles.